The second kappa shape index (κ2) is 9.51. The lowest BCUT2D eigenvalue weighted by Crippen LogP contribution is -2.43. The summed E-state index contributed by atoms with van der Waals surface area (Å²) in [7, 11) is 0. The highest BCUT2D eigenvalue weighted by Crippen LogP contribution is 2.18. The molecule has 1 saturated heterocycles. The number of aromatic nitrogens is 3. The summed E-state index contributed by atoms with van der Waals surface area (Å²) in [4.78, 5) is 39.3. The van der Waals surface area contributed by atoms with E-state index in [0.29, 0.717) is 43.4 Å². The summed E-state index contributed by atoms with van der Waals surface area (Å²) in [6, 6.07) is 16.8. The molecule has 0 unspecified atom stereocenters. The zero-order valence-electron chi connectivity index (χ0n) is 17.2. The molecule has 1 aliphatic heterocycles. The van der Waals surface area contributed by atoms with E-state index >= 15 is 0 Å². The Kier molecular flexibility index (Phi) is 6.35. The lowest BCUT2D eigenvalue weighted by atomic mass is 9.95. The van der Waals surface area contributed by atoms with Crippen molar-refractivity contribution in [3.05, 3.63) is 70.5 Å². The number of carbonyl (C=O) groups is 2. The Morgan fingerprint density at radius 3 is 2.48 bits per heavy atom. The minimum absolute atomic E-state index is 0.0361. The van der Waals surface area contributed by atoms with Crippen LogP contribution in [0.2, 0.25) is 0 Å². The summed E-state index contributed by atoms with van der Waals surface area (Å²) in [5.74, 6) is -0.0827. The average molecular weight is 419 g/mol. The summed E-state index contributed by atoms with van der Waals surface area (Å²) in [6.07, 6.45) is 1.46. The third-order valence-corrected chi connectivity index (χ3v) is 5.69. The fourth-order valence-electron chi connectivity index (χ4n) is 3.85. The molecule has 1 N–H and O–H groups in total. The quantitative estimate of drug-likeness (QED) is 0.656. The molecule has 0 atom stereocenters. The standard InChI is InChI=1S/C23H25N5O3/c29-21(12-15-28-23(31)19-8-4-5-9-20(19)25-26-28)27-13-10-18(11-14-27)22(30)24-16-17-6-2-1-3-7-17/h1-9,18H,10-16H2,(H,24,30). The summed E-state index contributed by atoms with van der Waals surface area (Å²) >= 11 is 0. The Bertz CT molecular complexity index is 1120. The normalized spacial score (nSPS) is 14.5. The lowest BCUT2D eigenvalue weighted by Gasteiger charge is -2.31. The van der Waals surface area contributed by atoms with Gasteiger partial charge in [0.2, 0.25) is 11.8 Å². The van der Waals surface area contributed by atoms with E-state index in [0.717, 1.165) is 5.56 Å². The largest absolute Gasteiger partial charge is 0.352 e. The van der Waals surface area contributed by atoms with Crippen LogP contribution < -0.4 is 10.9 Å². The second-order valence-electron chi connectivity index (χ2n) is 7.74. The Morgan fingerprint density at radius 1 is 1.00 bits per heavy atom. The van der Waals surface area contributed by atoms with Gasteiger partial charge in [0.05, 0.1) is 11.9 Å². The molecule has 2 heterocycles. The van der Waals surface area contributed by atoms with Crippen LogP contribution in [0.15, 0.2) is 59.4 Å². The summed E-state index contributed by atoms with van der Waals surface area (Å²) < 4.78 is 1.24. The molecule has 2 aromatic carbocycles. The number of benzene rings is 2. The monoisotopic (exact) mass is 419 g/mol. The smallest absolute Gasteiger partial charge is 0.277 e. The number of nitrogens with one attached hydrogen (secondary N) is 1. The Hall–Kier alpha value is -3.55. The van der Waals surface area contributed by atoms with E-state index in [-0.39, 0.29) is 36.3 Å². The molecule has 0 saturated carbocycles. The van der Waals surface area contributed by atoms with Gasteiger partial charge in [-0.15, -0.1) is 5.10 Å². The molecule has 0 spiro atoms. The molecule has 0 aliphatic carbocycles. The van der Waals surface area contributed by atoms with Gasteiger partial charge in [-0.25, -0.2) is 4.68 Å². The van der Waals surface area contributed by atoms with Crippen LogP contribution in [0.1, 0.15) is 24.8 Å². The fourth-order valence-corrected chi connectivity index (χ4v) is 3.85. The summed E-state index contributed by atoms with van der Waals surface area (Å²) in [5.41, 5.74) is 1.37. The molecule has 0 radical (unpaired) electrons. The maximum atomic E-state index is 12.6. The van der Waals surface area contributed by atoms with Crippen LogP contribution in [-0.4, -0.2) is 44.8 Å². The number of piperidine rings is 1. The van der Waals surface area contributed by atoms with Crippen LogP contribution in [0.25, 0.3) is 10.9 Å². The molecular formula is C23H25N5O3. The van der Waals surface area contributed by atoms with E-state index in [4.69, 9.17) is 0 Å². The van der Waals surface area contributed by atoms with Crippen molar-refractivity contribution in [3.8, 4) is 0 Å². The number of nitrogens with zero attached hydrogens (tertiary/aromatic N) is 4. The van der Waals surface area contributed by atoms with Crippen molar-refractivity contribution in [1.29, 1.82) is 0 Å². The Balaban J connectivity index is 1.25. The van der Waals surface area contributed by atoms with Crippen molar-refractivity contribution in [2.75, 3.05) is 13.1 Å². The number of rotatable bonds is 6. The predicted octanol–water partition coefficient (Wildman–Crippen LogP) is 1.74. The summed E-state index contributed by atoms with van der Waals surface area (Å²) in [6.45, 7) is 1.79. The van der Waals surface area contributed by atoms with Crippen molar-refractivity contribution >= 4 is 22.7 Å². The van der Waals surface area contributed by atoms with Gasteiger partial charge in [-0.3, -0.25) is 14.4 Å². The fraction of sp³-hybridized carbons (Fsp3) is 0.348. The maximum Gasteiger partial charge on any atom is 0.277 e. The number of amides is 2. The van der Waals surface area contributed by atoms with Crippen molar-refractivity contribution in [2.24, 2.45) is 5.92 Å². The van der Waals surface area contributed by atoms with Crippen LogP contribution >= 0.6 is 0 Å². The third kappa shape index (κ3) is 4.96. The Labute approximate surface area is 179 Å². The van der Waals surface area contributed by atoms with E-state index < -0.39 is 0 Å². The zero-order valence-corrected chi connectivity index (χ0v) is 17.2. The van der Waals surface area contributed by atoms with Crippen molar-refractivity contribution < 1.29 is 9.59 Å². The third-order valence-electron chi connectivity index (χ3n) is 5.69. The van der Waals surface area contributed by atoms with E-state index in [1.165, 1.54) is 4.68 Å². The molecule has 8 nitrogen and oxygen atoms in total. The molecule has 31 heavy (non-hydrogen) atoms. The van der Waals surface area contributed by atoms with E-state index in [1.807, 2.05) is 30.3 Å². The molecule has 1 aliphatic rings. The first-order valence-electron chi connectivity index (χ1n) is 10.5. The van der Waals surface area contributed by atoms with Gasteiger partial charge in [0.25, 0.3) is 5.56 Å². The SMILES string of the molecule is O=C(NCc1ccccc1)C1CCN(C(=O)CCn2nnc3ccccc3c2=O)CC1. The van der Waals surface area contributed by atoms with Crippen LogP contribution in [0.5, 0.6) is 0 Å². The molecular weight excluding hydrogens is 394 g/mol. The number of hydrogen-bond acceptors (Lipinski definition) is 5. The maximum absolute atomic E-state index is 12.6. The first-order chi connectivity index (χ1) is 15.1. The lowest BCUT2D eigenvalue weighted by molar-refractivity contribution is -0.135. The number of likely N-dealkylation sites (tertiary alicyclic amines) is 1. The van der Waals surface area contributed by atoms with Crippen LogP contribution in [0.3, 0.4) is 0 Å². The van der Waals surface area contributed by atoms with E-state index in [9.17, 15) is 14.4 Å². The molecule has 4 rings (SSSR count). The molecule has 1 fully saturated rings. The molecule has 160 valence electrons. The van der Waals surface area contributed by atoms with Gasteiger partial charge in [-0.1, -0.05) is 47.7 Å². The zero-order chi connectivity index (χ0) is 21.6. The topological polar surface area (TPSA) is 97.2 Å². The van der Waals surface area contributed by atoms with Crippen molar-refractivity contribution in [2.45, 2.75) is 32.4 Å². The first kappa shape index (κ1) is 20.7. The van der Waals surface area contributed by atoms with Crippen LogP contribution in [0.4, 0.5) is 0 Å². The minimum Gasteiger partial charge on any atom is -0.352 e. The van der Waals surface area contributed by atoms with E-state index in [1.54, 1.807) is 29.2 Å². The van der Waals surface area contributed by atoms with Gasteiger partial charge in [0.15, 0.2) is 0 Å². The van der Waals surface area contributed by atoms with Gasteiger partial charge in [0.1, 0.15) is 5.52 Å². The van der Waals surface area contributed by atoms with Crippen LogP contribution in [-0.2, 0) is 22.7 Å². The number of fused-ring (bicyclic) bond motifs is 1. The highest BCUT2D eigenvalue weighted by molar-refractivity contribution is 5.80. The van der Waals surface area contributed by atoms with Crippen molar-refractivity contribution in [3.63, 3.8) is 0 Å². The minimum atomic E-state index is -0.243. The molecule has 8 heteroatoms. The molecule has 2 amide bonds. The first-order valence-corrected chi connectivity index (χ1v) is 10.5. The highest BCUT2D eigenvalue weighted by atomic mass is 16.2. The number of aryl methyl sites for hydroxylation is 1. The van der Waals surface area contributed by atoms with Gasteiger partial charge in [-0.2, -0.15) is 0 Å². The van der Waals surface area contributed by atoms with Gasteiger partial charge in [-0.05, 0) is 30.5 Å². The molecule has 3 aromatic rings. The number of carbonyl (C=O) groups excluding carboxylic acids is 2. The number of hydrogen-bond donors (Lipinski definition) is 1. The van der Waals surface area contributed by atoms with E-state index in [2.05, 4.69) is 15.6 Å². The second-order valence-corrected chi connectivity index (χ2v) is 7.74. The molecule has 0 bridgehead atoms. The molecule has 1 aromatic heterocycles. The Morgan fingerprint density at radius 2 is 1.71 bits per heavy atom. The highest BCUT2D eigenvalue weighted by Gasteiger charge is 2.27. The van der Waals surface area contributed by atoms with Crippen LogP contribution in [0, 0.1) is 5.92 Å². The van der Waals surface area contributed by atoms with Crippen molar-refractivity contribution in [1.82, 2.24) is 25.2 Å². The average Bonchev–Trinajstić information content (AvgIpc) is 2.83. The predicted molar refractivity (Wildman–Crippen MR) is 116 cm³/mol. The van der Waals surface area contributed by atoms with Gasteiger partial charge in [0, 0.05) is 32.0 Å². The van der Waals surface area contributed by atoms with Gasteiger partial charge < -0.3 is 10.2 Å². The summed E-state index contributed by atoms with van der Waals surface area (Å²) in [5, 5.41) is 11.5. The van der Waals surface area contributed by atoms with Gasteiger partial charge >= 0.3 is 0 Å².